The molecule has 0 aromatic carbocycles. The first kappa shape index (κ1) is 17.0. The zero-order chi connectivity index (χ0) is 14.8. The molecule has 0 aromatic rings. The fourth-order valence-electron chi connectivity index (χ4n) is 2.72. The molecule has 0 bridgehead atoms. The molecule has 1 N–H and O–H groups in total. The Morgan fingerprint density at radius 2 is 2.05 bits per heavy atom. The summed E-state index contributed by atoms with van der Waals surface area (Å²) >= 11 is 0. The van der Waals surface area contributed by atoms with Crippen molar-refractivity contribution < 1.29 is 0 Å². The number of nitrogens with one attached hydrogen (secondary N) is 1. The quantitative estimate of drug-likeness (QED) is 0.442. The topological polar surface area (TPSA) is 12.0 Å². The summed E-state index contributed by atoms with van der Waals surface area (Å²) in [7, 11) is 2.02. The van der Waals surface area contributed by atoms with Gasteiger partial charge in [0.05, 0.1) is 0 Å². The van der Waals surface area contributed by atoms with E-state index in [1.54, 1.807) is 0 Å². The molecule has 0 saturated heterocycles. The van der Waals surface area contributed by atoms with Crippen molar-refractivity contribution in [3.63, 3.8) is 0 Å². The second-order valence-electron chi connectivity index (χ2n) is 5.89. The lowest BCUT2D eigenvalue weighted by Gasteiger charge is -2.14. The van der Waals surface area contributed by atoms with Crippen LogP contribution >= 0.6 is 0 Å². The number of hydrogen-bond acceptors (Lipinski definition) is 1. The van der Waals surface area contributed by atoms with Gasteiger partial charge in [-0.1, -0.05) is 43.2 Å². The zero-order valence-electron chi connectivity index (χ0n) is 13.6. The van der Waals surface area contributed by atoms with E-state index in [-0.39, 0.29) is 0 Å². The van der Waals surface area contributed by atoms with Gasteiger partial charge in [-0.15, -0.1) is 0 Å². The minimum absolute atomic E-state index is 1.15. The molecule has 1 rings (SSSR count). The molecule has 1 aliphatic carbocycles. The van der Waals surface area contributed by atoms with Crippen molar-refractivity contribution in [2.24, 2.45) is 0 Å². The summed E-state index contributed by atoms with van der Waals surface area (Å²) in [6, 6.07) is 0. The summed E-state index contributed by atoms with van der Waals surface area (Å²) in [4.78, 5) is 0. The van der Waals surface area contributed by atoms with E-state index >= 15 is 0 Å². The molecule has 112 valence electrons. The fraction of sp³-hybridized carbons (Fsp3) is 0.579. The van der Waals surface area contributed by atoms with Crippen molar-refractivity contribution in [2.45, 2.75) is 58.8 Å². The van der Waals surface area contributed by atoms with Gasteiger partial charge < -0.3 is 5.32 Å². The van der Waals surface area contributed by atoms with Crippen LogP contribution in [0.5, 0.6) is 0 Å². The van der Waals surface area contributed by atoms with E-state index < -0.39 is 0 Å². The lowest BCUT2D eigenvalue weighted by molar-refractivity contribution is 0.615. The Labute approximate surface area is 125 Å². The number of hydrogen-bond donors (Lipinski definition) is 1. The molecule has 20 heavy (non-hydrogen) atoms. The largest absolute Gasteiger partial charge is 0.320 e. The molecule has 1 aliphatic rings. The smallest absolute Gasteiger partial charge is 0.00519 e. The van der Waals surface area contributed by atoms with Gasteiger partial charge in [0.15, 0.2) is 0 Å². The van der Waals surface area contributed by atoms with E-state index in [9.17, 15) is 0 Å². The van der Waals surface area contributed by atoms with Crippen LogP contribution < -0.4 is 5.32 Å². The first-order chi connectivity index (χ1) is 9.65. The molecule has 0 unspecified atom stereocenters. The third-order valence-electron chi connectivity index (χ3n) is 3.96. The minimum Gasteiger partial charge on any atom is -0.320 e. The summed E-state index contributed by atoms with van der Waals surface area (Å²) in [5, 5.41) is 3.20. The van der Waals surface area contributed by atoms with Crippen LogP contribution in [-0.4, -0.2) is 13.6 Å². The monoisotopic (exact) mass is 273 g/mol. The Morgan fingerprint density at radius 3 is 2.75 bits per heavy atom. The lowest BCUT2D eigenvalue weighted by atomic mass is 9.91. The van der Waals surface area contributed by atoms with E-state index in [4.69, 9.17) is 0 Å². The maximum Gasteiger partial charge on any atom is -0.00519 e. The highest BCUT2D eigenvalue weighted by atomic mass is 14.8. The number of rotatable bonds is 9. The van der Waals surface area contributed by atoms with Gasteiger partial charge in [-0.25, -0.2) is 0 Å². The molecule has 0 fully saturated rings. The molecule has 0 saturated carbocycles. The van der Waals surface area contributed by atoms with E-state index in [0.29, 0.717) is 0 Å². The Bertz CT molecular complexity index is 396. The van der Waals surface area contributed by atoms with E-state index in [0.717, 1.165) is 19.4 Å². The average molecular weight is 273 g/mol. The Kier molecular flexibility index (Phi) is 8.29. The maximum atomic E-state index is 4.26. The third-order valence-corrected chi connectivity index (χ3v) is 3.96. The molecular formula is C19H31N. The van der Waals surface area contributed by atoms with E-state index in [1.165, 1.54) is 54.4 Å². The van der Waals surface area contributed by atoms with Crippen LogP contribution in [0, 0.1) is 0 Å². The van der Waals surface area contributed by atoms with Crippen LogP contribution in [0.1, 0.15) is 58.8 Å². The van der Waals surface area contributed by atoms with Crippen molar-refractivity contribution in [3.8, 4) is 0 Å². The number of allylic oxidation sites excluding steroid dienone is 7. The first-order valence-corrected chi connectivity index (χ1v) is 8.02. The fourth-order valence-corrected chi connectivity index (χ4v) is 2.72. The Balaban J connectivity index is 2.33. The third kappa shape index (κ3) is 6.38. The van der Waals surface area contributed by atoms with Crippen LogP contribution in [0.15, 0.2) is 47.1 Å². The van der Waals surface area contributed by atoms with Crippen molar-refractivity contribution >= 4 is 0 Å². The van der Waals surface area contributed by atoms with Crippen LogP contribution in [0.3, 0.4) is 0 Å². The second kappa shape index (κ2) is 9.77. The van der Waals surface area contributed by atoms with Crippen LogP contribution in [0.4, 0.5) is 0 Å². The normalized spacial score (nSPS) is 15.8. The van der Waals surface area contributed by atoms with Crippen molar-refractivity contribution in [3.05, 3.63) is 47.1 Å². The molecule has 1 nitrogen and oxygen atoms in total. The molecule has 0 amide bonds. The molecule has 0 heterocycles. The summed E-state index contributed by atoms with van der Waals surface area (Å²) in [5.74, 6) is 0. The summed E-state index contributed by atoms with van der Waals surface area (Å²) < 4.78 is 0. The lowest BCUT2D eigenvalue weighted by Crippen LogP contribution is -2.06. The van der Waals surface area contributed by atoms with Gasteiger partial charge in [-0.3, -0.25) is 0 Å². The van der Waals surface area contributed by atoms with Crippen molar-refractivity contribution in [1.29, 1.82) is 0 Å². The van der Waals surface area contributed by atoms with E-state index in [2.05, 4.69) is 44.0 Å². The van der Waals surface area contributed by atoms with Gasteiger partial charge in [0, 0.05) is 0 Å². The van der Waals surface area contributed by atoms with Crippen LogP contribution in [-0.2, 0) is 0 Å². The second-order valence-corrected chi connectivity index (χ2v) is 5.89. The molecular weight excluding hydrogens is 242 g/mol. The molecule has 0 aliphatic heterocycles. The average Bonchev–Trinajstić information content (AvgIpc) is 2.43. The first-order valence-electron chi connectivity index (χ1n) is 8.02. The minimum atomic E-state index is 1.15. The highest BCUT2D eigenvalue weighted by Crippen LogP contribution is 2.26. The maximum absolute atomic E-state index is 4.26. The van der Waals surface area contributed by atoms with Gasteiger partial charge >= 0.3 is 0 Å². The van der Waals surface area contributed by atoms with Crippen molar-refractivity contribution in [1.82, 2.24) is 5.32 Å². The van der Waals surface area contributed by atoms with Gasteiger partial charge in [0.25, 0.3) is 0 Å². The summed E-state index contributed by atoms with van der Waals surface area (Å²) in [5.41, 5.74) is 5.52. The molecule has 0 radical (unpaired) electrons. The summed E-state index contributed by atoms with van der Waals surface area (Å²) in [6.07, 6.45) is 15.6. The predicted molar refractivity (Wildman–Crippen MR) is 91.0 cm³/mol. The van der Waals surface area contributed by atoms with Gasteiger partial charge in [-0.05, 0) is 76.3 Å². The van der Waals surface area contributed by atoms with E-state index in [1.807, 2.05) is 7.05 Å². The van der Waals surface area contributed by atoms with Gasteiger partial charge in [0.2, 0.25) is 0 Å². The highest BCUT2D eigenvalue weighted by molar-refractivity contribution is 5.46. The van der Waals surface area contributed by atoms with Crippen LogP contribution in [0.2, 0.25) is 0 Å². The van der Waals surface area contributed by atoms with Crippen molar-refractivity contribution in [2.75, 3.05) is 13.6 Å². The molecule has 0 atom stereocenters. The van der Waals surface area contributed by atoms with Crippen LogP contribution in [0.25, 0.3) is 0 Å². The molecule has 1 heteroatoms. The number of unbranched alkanes of at least 4 members (excludes halogenated alkanes) is 3. The Hall–Kier alpha value is -1.08. The SMILES string of the molecule is C=C(/C=C(/C)CCCCCCNC)C1=C(C)C=CCC1. The van der Waals surface area contributed by atoms with Gasteiger partial charge in [0.1, 0.15) is 0 Å². The highest BCUT2D eigenvalue weighted by Gasteiger charge is 2.07. The van der Waals surface area contributed by atoms with Gasteiger partial charge in [-0.2, -0.15) is 0 Å². The predicted octanol–water partition coefficient (Wildman–Crippen LogP) is 5.33. The summed E-state index contributed by atoms with van der Waals surface area (Å²) in [6.45, 7) is 9.85. The standard InChI is InChI=1S/C19H31N/c1-16(11-7-5-6-10-14-20-4)15-18(3)19-13-9-8-12-17(19)2/h8,12,15,20H,3,5-7,9-11,13-14H2,1-2,4H3/b16-15-. The Morgan fingerprint density at radius 1 is 1.30 bits per heavy atom. The molecule has 0 aromatic heterocycles. The molecule has 0 spiro atoms. The zero-order valence-corrected chi connectivity index (χ0v) is 13.6.